The molecule has 2 saturated heterocycles. The average molecular weight is 323 g/mol. The van der Waals surface area contributed by atoms with E-state index >= 15 is 0 Å². The summed E-state index contributed by atoms with van der Waals surface area (Å²) in [7, 11) is 2.01. The van der Waals surface area contributed by atoms with Crippen LogP contribution in [-0.2, 0) is 11.8 Å². The summed E-state index contributed by atoms with van der Waals surface area (Å²) in [5.74, 6) is 2.18. The lowest BCUT2D eigenvalue weighted by Crippen LogP contribution is -2.36. The predicted molar refractivity (Wildman–Crippen MR) is 87.0 cm³/mol. The zero-order valence-corrected chi connectivity index (χ0v) is 14.1. The van der Waals surface area contributed by atoms with E-state index in [2.05, 4.69) is 20.1 Å². The van der Waals surface area contributed by atoms with E-state index in [1.54, 1.807) is 0 Å². The second kappa shape index (κ2) is 7.46. The molecule has 1 N–H and O–H groups in total. The van der Waals surface area contributed by atoms with Crippen molar-refractivity contribution in [2.24, 2.45) is 7.05 Å². The normalized spacial score (nSPS) is 22.8. The summed E-state index contributed by atoms with van der Waals surface area (Å²) in [5, 5.41) is 12.9. The van der Waals surface area contributed by atoms with E-state index in [1.807, 2.05) is 11.9 Å². The first-order valence-electron chi connectivity index (χ1n) is 8.26. The molecule has 1 atom stereocenters. The standard InChI is InChI=1S/C15H25N5OS/c1-19-14(12-6-5-7-16-10-12)17-18-15(19)22-11-13(21)20-8-3-2-4-9-20/h12,16H,2-11H2,1H3/t12-/m0/s1. The van der Waals surface area contributed by atoms with Crippen LogP contribution in [0.25, 0.3) is 0 Å². The number of piperidine rings is 2. The van der Waals surface area contributed by atoms with Crippen LogP contribution in [0.3, 0.4) is 0 Å². The summed E-state index contributed by atoms with van der Waals surface area (Å²) in [6, 6.07) is 0. The van der Waals surface area contributed by atoms with Crippen molar-refractivity contribution in [1.29, 1.82) is 0 Å². The number of likely N-dealkylation sites (tertiary alicyclic amines) is 1. The van der Waals surface area contributed by atoms with Crippen LogP contribution in [0.5, 0.6) is 0 Å². The predicted octanol–water partition coefficient (Wildman–Crippen LogP) is 1.39. The number of nitrogens with zero attached hydrogens (tertiary/aromatic N) is 4. The highest BCUT2D eigenvalue weighted by Gasteiger charge is 2.23. The topological polar surface area (TPSA) is 63.1 Å². The van der Waals surface area contributed by atoms with Crippen LogP contribution in [-0.4, -0.2) is 57.5 Å². The highest BCUT2D eigenvalue weighted by Crippen LogP contribution is 2.25. The fraction of sp³-hybridized carbons (Fsp3) is 0.800. The van der Waals surface area contributed by atoms with Gasteiger partial charge in [-0.15, -0.1) is 10.2 Å². The van der Waals surface area contributed by atoms with Gasteiger partial charge < -0.3 is 14.8 Å². The zero-order valence-electron chi connectivity index (χ0n) is 13.3. The minimum Gasteiger partial charge on any atom is -0.342 e. The molecule has 7 heteroatoms. The molecule has 0 unspecified atom stereocenters. The van der Waals surface area contributed by atoms with Gasteiger partial charge in [-0.1, -0.05) is 11.8 Å². The van der Waals surface area contributed by atoms with Gasteiger partial charge in [0.15, 0.2) is 5.16 Å². The van der Waals surface area contributed by atoms with E-state index in [9.17, 15) is 4.79 Å². The van der Waals surface area contributed by atoms with Gasteiger partial charge in [-0.3, -0.25) is 4.79 Å². The molecule has 22 heavy (non-hydrogen) atoms. The fourth-order valence-corrected chi connectivity index (χ4v) is 4.06. The molecule has 2 fully saturated rings. The van der Waals surface area contributed by atoms with E-state index in [1.165, 1.54) is 24.6 Å². The van der Waals surface area contributed by atoms with Crippen molar-refractivity contribution < 1.29 is 4.79 Å². The number of nitrogens with one attached hydrogen (secondary N) is 1. The monoisotopic (exact) mass is 323 g/mol. The number of carbonyl (C=O) groups is 1. The van der Waals surface area contributed by atoms with Crippen LogP contribution in [0.15, 0.2) is 5.16 Å². The molecule has 3 heterocycles. The summed E-state index contributed by atoms with van der Waals surface area (Å²) >= 11 is 1.51. The maximum atomic E-state index is 12.2. The number of rotatable bonds is 4. The molecule has 0 spiro atoms. The van der Waals surface area contributed by atoms with Gasteiger partial charge in [0, 0.05) is 32.6 Å². The number of amides is 1. The lowest BCUT2D eigenvalue weighted by atomic mass is 9.99. The Balaban J connectivity index is 1.56. The molecule has 122 valence electrons. The van der Waals surface area contributed by atoms with E-state index in [-0.39, 0.29) is 5.91 Å². The van der Waals surface area contributed by atoms with Crippen molar-refractivity contribution in [3.8, 4) is 0 Å². The van der Waals surface area contributed by atoms with E-state index in [0.717, 1.165) is 56.4 Å². The van der Waals surface area contributed by atoms with Gasteiger partial charge >= 0.3 is 0 Å². The summed E-state index contributed by atoms with van der Waals surface area (Å²) in [4.78, 5) is 14.2. The van der Waals surface area contributed by atoms with Gasteiger partial charge in [-0.25, -0.2) is 0 Å². The van der Waals surface area contributed by atoms with Gasteiger partial charge in [-0.2, -0.15) is 0 Å². The van der Waals surface area contributed by atoms with Gasteiger partial charge in [0.2, 0.25) is 5.91 Å². The molecule has 0 aromatic carbocycles. The highest BCUT2D eigenvalue weighted by molar-refractivity contribution is 7.99. The summed E-state index contributed by atoms with van der Waals surface area (Å²) in [6.45, 7) is 3.90. The first kappa shape index (κ1) is 15.8. The third-order valence-corrected chi connectivity index (χ3v) is 5.57. The average Bonchev–Trinajstić information content (AvgIpc) is 2.95. The molecule has 2 aliphatic rings. The Labute approximate surface area is 136 Å². The molecule has 3 rings (SSSR count). The third kappa shape index (κ3) is 3.63. The molecule has 0 radical (unpaired) electrons. The Hall–Kier alpha value is -1.08. The van der Waals surface area contributed by atoms with Crippen molar-refractivity contribution >= 4 is 17.7 Å². The Kier molecular flexibility index (Phi) is 5.36. The Morgan fingerprint density at radius 3 is 2.82 bits per heavy atom. The maximum Gasteiger partial charge on any atom is 0.233 e. The van der Waals surface area contributed by atoms with Crippen LogP contribution in [0.4, 0.5) is 0 Å². The molecule has 0 bridgehead atoms. The van der Waals surface area contributed by atoms with Crippen LogP contribution in [0, 0.1) is 0 Å². The Morgan fingerprint density at radius 1 is 1.27 bits per heavy atom. The fourth-order valence-electron chi connectivity index (χ4n) is 3.24. The van der Waals surface area contributed by atoms with Crippen LogP contribution in [0.2, 0.25) is 0 Å². The van der Waals surface area contributed by atoms with Crippen LogP contribution >= 0.6 is 11.8 Å². The minimum atomic E-state index is 0.230. The van der Waals surface area contributed by atoms with Crippen LogP contribution < -0.4 is 5.32 Å². The third-order valence-electron chi connectivity index (χ3n) is 4.56. The van der Waals surface area contributed by atoms with Crippen molar-refractivity contribution in [1.82, 2.24) is 25.0 Å². The molecule has 0 aliphatic carbocycles. The molecule has 2 aliphatic heterocycles. The molecular formula is C15H25N5OS. The van der Waals surface area contributed by atoms with E-state index < -0.39 is 0 Å². The SMILES string of the molecule is Cn1c(SCC(=O)N2CCCCC2)nnc1[C@H]1CCCNC1. The van der Waals surface area contributed by atoms with Crippen molar-refractivity contribution in [3.63, 3.8) is 0 Å². The quantitative estimate of drug-likeness (QED) is 0.848. The van der Waals surface area contributed by atoms with Crippen LogP contribution in [0.1, 0.15) is 43.8 Å². The molecule has 1 aromatic rings. The van der Waals surface area contributed by atoms with Gasteiger partial charge in [0.25, 0.3) is 0 Å². The first-order valence-corrected chi connectivity index (χ1v) is 9.25. The Morgan fingerprint density at radius 2 is 2.09 bits per heavy atom. The molecule has 1 amide bonds. The maximum absolute atomic E-state index is 12.2. The van der Waals surface area contributed by atoms with Gasteiger partial charge in [0.05, 0.1) is 5.75 Å². The molecule has 0 saturated carbocycles. The van der Waals surface area contributed by atoms with Crippen molar-refractivity contribution in [2.45, 2.75) is 43.2 Å². The van der Waals surface area contributed by atoms with Gasteiger partial charge in [0.1, 0.15) is 5.82 Å². The number of aromatic nitrogens is 3. The molecule has 1 aromatic heterocycles. The van der Waals surface area contributed by atoms with E-state index in [0.29, 0.717) is 11.7 Å². The number of hydrogen-bond acceptors (Lipinski definition) is 5. The van der Waals surface area contributed by atoms with Crippen molar-refractivity contribution in [3.05, 3.63) is 5.82 Å². The Bertz CT molecular complexity index is 506. The lowest BCUT2D eigenvalue weighted by Gasteiger charge is -2.26. The number of thioether (sulfide) groups is 1. The summed E-state index contributed by atoms with van der Waals surface area (Å²) < 4.78 is 2.06. The smallest absolute Gasteiger partial charge is 0.233 e. The van der Waals surface area contributed by atoms with Gasteiger partial charge in [-0.05, 0) is 38.6 Å². The largest absolute Gasteiger partial charge is 0.342 e. The second-order valence-electron chi connectivity index (χ2n) is 6.17. The number of carbonyl (C=O) groups excluding carboxylic acids is 1. The number of hydrogen-bond donors (Lipinski definition) is 1. The molecule has 6 nitrogen and oxygen atoms in total. The summed E-state index contributed by atoms with van der Waals surface area (Å²) in [6.07, 6.45) is 5.88. The van der Waals surface area contributed by atoms with Crippen molar-refractivity contribution in [2.75, 3.05) is 31.9 Å². The second-order valence-corrected chi connectivity index (χ2v) is 7.12. The van der Waals surface area contributed by atoms with E-state index in [4.69, 9.17) is 0 Å². The lowest BCUT2D eigenvalue weighted by molar-refractivity contribution is -0.129. The first-order chi connectivity index (χ1) is 10.8. The zero-order chi connectivity index (χ0) is 15.4. The minimum absolute atomic E-state index is 0.230. The highest BCUT2D eigenvalue weighted by atomic mass is 32.2. The summed E-state index contributed by atoms with van der Waals surface area (Å²) in [5.41, 5.74) is 0. The molecular weight excluding hydrogens is 298 g/mol.